The van der Waals surface area contributed by atoms with Crippen molar-refractivity contribution in [1.82, 2.24) is 0 Å². The normalized spacial score (nSPS) is 14.4. The van der Waals surface area contributed by atoms with Crippen LogP contribution in [0.4, 0.5) is 0 Å². The van der Waals surface area contributed by atoms with Crippen LogP contribution in [0.25, 0.3) is 0 Å². The van der Waals surface area contributed by atoms with Crippen LogP contribution in [0.1, 0.15) is 9.49 Å². The van der Waals surface area contributed by atoms with E-state index >= 15 is 0 Å². The van der Waals surface area contributed by atoms with Crippen LogP contribution in [0.15, 0.2) is 35.5 Å². The molecule has 5 heteroatoms. The number of halogens is 1. The molecule has 0 aliphatic carbocycles. The van der Waals surface area contributed by atoms with Gasteiger partial charge in [0.1, 0.15) is 0 Å². The molecule has 2 unspecified atom stereocenters. The molecule has 2 atom stereocenters. The number of benzene rings is 1. The Kier molecular flexibility index (Phi) is 3.99. The van der Waals surface area contributed by atoms with Crippen molar-refractivity contribution in [1.29, 1.82) is 0 Å². The lowest BCUT2D eigenvalue weighted by Crippen LogP contribution is -2.22. The number of carboxylic acids is 1. The maximum absolute atomic E-state index is 10.6. The van der Waals surface area contributed by atoms with E-state index in [2.05, 4.69) is 5.18 Å². The Balaban J connectivity index is 2.88. The van der Waals surface area contributed by atoms with E-state index < -0.39 is 15.9 Å². The predicted molar refractivity (Wildman–Crippen MR) is 60.4 cm³/mol. The van der Waals surface area contributed by atoms with Gasteiger partial charge in [-0.2, -0.15) is 0 Å². The largest absolute Gasteiger partial charge is 0.480 e. The first-order chi connectivity index (χ1) is 6.66. The van der Waals surface area contributed by atoms with Crippen LogP contribution in [0.2, 0.25) is 0 Å². The third-order valence-corrected chi connectivity index (χ3v) is 3.16. The first kappa shape index (κ1) is 11.1. The summed E-state index contributed by atoms with van der Waals surface area (Å²) in [4.78, 5) is 21.0. The van der Waals surface area contributed by atoms with Crippen LogP contribution >= 0.6 is 22.6 Å². The number of nitroso groups, excluding NO2 is 1. The molecule has 14 heavy (non-hydrogen) atoms. The molecular formula is C9H8INO3. The van der Waals surface area contributed by atoms with Crippen molar-refractivity contribution in [2.45, 2.75) is 9.97 Å². The van der Waals surface area contributed by atoms with E-state index in [1.807, 2.05) is 28.7 Å². The van der Waals surface area contributed by atoms with Gasteiger partial charge in [0.2, 0.25) is 6.04 Å². The summed E-state index contributed by atoms with van der Waals surface area (Å²) in [6.07, 6.45) is 0. The van der Waals surface area contributed by atoms with E-state index in [9.17, 15) is 9.70 Å². The molecule has 1 aromatic carbocycles. The average molecular weight is 305 g/mol. The zero-order chi connectivity index (χ0) is 10.6. The first-order valence-corrected chi connectivity index (χ1v) is 5.15. The maximum atomic E-state index is 10.6. The van der Waals surface area contributed by atoms with Gasteiger partial charge < -0.3 is 5.11 Å². The first-order valence-electron chi connectivity index (χ1n) is 3.91. The molecule has 0 amide bonds. The summed E-state index contributed by atoms with van der Waals surface area (Å²) >= 11 is 1.91. The fourth-order valence-corrected chi connectivity index (χ4v) is 1.90. The topological polar surface area (TPSA) is 66.7 Å². The third kappa shape index (κ3) is 2.50. The number of alkyl halides is 1. The Morgan fingerprint density at radius 3 is 2.36 bits per heavy atom. The van der Waals surface area contributed by atoms with Crippen molar-refractivity contribution in [3.05, 3.63) is 40.8 Å². The summed E-state index contributed by atoms with van der Waals surface area (Å²) < 4.78 is -0.427. The molecule has 0 aromatic heterocycles. The van der Waals surface area contributed by atoms with Gasteiger partial charge in [-0.15, -0.1) is 4.91 Å². The third-order valence-electron chi connectivity index (χ3n) is 1.76. The Hall–Kier alpha value is -0.980. The van der Waals surface area contributed by atoms with Crippen LogP contribution < -0.4 is 0 Å². The van der Waals surface area contributed by atoms with Gasteiger partial charge >= 0.3 is 5.97 Å². The quantitative estimate of drug-likeness (QED) is 0.527. The molecule has 0 aliphatic rings. The van der Waals surface area contributed by atoms with Crippen molar-refractivity contribution in [2.24, 2.45) is 5.18 Å². The second kappa shape index (κ2) is 5.04. The smallest absolute Gasteiger partial charge is 0.333 e. The fourth-order valence-electron chi connectivity index (χ4n) is 1.04. The minimum atomic E-state index is -1.22. The molecule has 0 radical (unpaired) electrons. The van der Waals surface area contributed by atoms with Crippen LogP contribution in [-0.4, -0.2) is 17.1 Å². The average Bonchev–Trinajstić information content (AvgIpc) is 2.19. The van der Waals surface area contributed by atoms with Crippen molar-refractivity contribution in [3.63, 3.8) is 0 Å². The molecule has 0 aliphatic heterocycles. The molecule has 4 nitrogen and oxygen atoms in total. The van der Waals surface area contributed by atoms with Gasteiger partial charge in [0, 0.05) is 0 Å². The van der Waals surface area contributed by atoms with Gasteiger partial charge in [-0.25, -0.2) is 4.79 Å². The highest BCUT2D eigenvalue weighted by molar-refractivity contribution is 14.1. The van der Waals surface area contributed by atoms with Crippen LogP contribution in [-0.2, 0) is 4.79 Å². The van der Waals surface area contributed by atoms with Gasteiger partial charge in [-0.05, 0) is 5.56 Å². The van der Waals surface area contributed by atoms with Crippen LogP contribution in [0.5, 0.6) is 0 Å². The molecule has 0 heterocycles. The van der Waals surface area contributed by atoms with Gasteiger partial charge in [-0.1, -0.05) is 58.1 Å². The highest BCUT2D eigenvalue weighted by atomic mass is 127. The molecular weight excluding hydrogens is 297 g/mol. The SMILES string of the molecule is O=NC(C(=O)O)C(I)c1ccccc1. The van der Waals surface area contributed by atoms with Crippen LogP contribution in [0, 0.1) is 4.91 Å². The van der Waals surface area contributed by atoms with Crippen LogP contribution in [0.3, 0.4) is 0 Å². The highest BCUT2D eigenvalue weighted by Gasteiger charge is 2.28. The second-order valence-corrected chi connectivity index (χ2v) is 4.04. The lowest BCUT2D eigenvalue weighted by molar-refractivity contribution is -0.138. The molecule has 1 rings (SSSR count). The van der Waals surface area contributed by atoms with Crippen molar-refractivity contribution >= 4 is 28.6 Å². The summed E-state index contributed by atoms with van der Waals surface area (Å²) in [5.41, 5.74) is 0.792. The number of carbonyl (C=O) groups is 1. The molecule has 1 aromatic rings. The molecule has 0 fully saturated rings. The van der Waals surface area contributed by atoms with Crippen molar-refractivity contribution < 1.29 is 9.90 Å². The van der Waals surface area contributed by atoms with Gasteiger partial charge in [0.05, 0.1) is 3.92 Å². The number of nitrogens with zero attached hydrogens (tertiary/aromatic N) is 1. The summed E-state index contributed by atoms with van der Waals surface area (Å²) in [5, 5.41) is 11.3. The zero-order valence-corrected chi connectivity index (χ0v) is 9.29. The minimum Gasteiger partial charge on any atom is -0.480 e. The number of aliphatic carboxylic acids is 1. The number of hydrogen-bond acceptors (Lipinski definition) is 3. The van der Waals surface area contributed by atoms with Crippen molar-refractivity contribution in [3.8, 4) is 0 Å². The zero-order valence-electron chi connectivity index (χ0n) is 7.13. The number of hydrogen-bond donors (Lipinski definition) is 1. The second-order valence-electron chi connectivity index (χ2n) is 2.70. The highest BCUT2D eigenvalue weighted by Crippen LogP contribution is 2.28. The number of carboxylic acid groups (broad SMARTS) is 1. The van der Waals surface area contributed by atoms with Crippen molar-refractivity contribution in [2.75, 3.05) is 0 Å². The van der Waals surface area contributed by atoms with E-state index in [0.29, 0.717) is 0 Å². The van der Waals surface area contributed by atoms with Gasteiger partial charge in [-0.3, -0.25) is 0 Å². The standard InChI is InChI=1S/C9H8INO3/c10-7(8(11-14)9(12)13)6-4-2-1-3-5-6/h1-5,7-8H,(H,12,13). The molecule has 0 bridgehead atoms. The molecule has 0 saturated heterocycles. The Bertz CT molecular complexity index is 328. The van der Waals surface area contributed by atoms with E-state index in [1.165, 1.54) is 0 Å². The Morgan fingerprint density at radius 2 is 1.93 bits per heavy atom. The van der Waals surface area contributed by atoms with E-state index in [4.69, 9.17) is 5.11 Å². The lowest BCUT2D eigenvalue weighted by Gasteiger charge is -2.11. The monoisotopic (exact) mass is 305 g/mol. The maximum Gasteiger partial charge on any atom is 0.333 e. The molecule has 0 spiro atoms. The fraction of sp³-hybridized carbons (Fsp3) is 0.222. The molecule has 74 valence electrons. The number of rotatable bonds is 4. The molecule has 1 N–H and O–H groups in total. The minimum absolute atomic E-state index is 0.427. The Labute approximate surface area is 94.4 Å². The predicted octanol–water partition coefficient (Wildman–Crippen LogP) is 2.38. The summed E-state index contributed by atoms with van der Waals surface area (Å²) in [5.74, 6) is -1.19. The van der Waals surface area contributed by atoms with Gasteiger partial charge in [0.25, 0.3) is 0 Å². The Morgan fingerprint density at radius 1 is 1.36 bits per heavy atom. The van der Waals surface area contributed by atoms with E-state index in [1.54, 1.807) is 24.3 Å². The van der Waals surface area contributed by atoms with E-state index in [-0.39, 0.29) is 0 Å². The molecule has 0 saturated carbocycles. The summed E-state index contributed by atoms with van der Waals surface area (Å²) in [6.45, 7) is 0. The lowest BCUT2D eigenvalue weighted by atomic mass is 10.1. The summed E-state index contributed by atoms with van der Waals surface area (Å²) in [7, 11) is 0. The summed E-state index contributed by atoms with van der Waals surface area (Å²) in [6, 6.07) is 7.75. The van der Waals surface area contributed by atoms with Gasteiger partial charge in [0.15, 0.2) is 0 Å². The van der Waals surface area contributed by atoms with E-state index in [0.717, 1.165) is 5.56 Å².